The van der Waals surface area contributed by atoms with Crippen LogP contribution in [0.1, 0.15) is 20.8 Å². The second kappa shape index (κ2) is 6.83. The van der Waals surface area contributed by atoms with Crippen LogP contribution in [0.15, 0.2) is 22.0 Å². The third kappa shape index (κ3) is 4.56. The zero-order valence-corrected chi connectivity index (χ0v) is 8.89. The van der Waals surface area contributed by atoms with Crippen molar-refractivity contribution in [1.82, 2.24) is 0 Å². The summed E-state index contributed by atoms with van der Waals surface area (Å²) in [7, 11) is 0. The molecule has 0 saturated heterocycles. The molecule has 0 fully saturated rings. The van der Waals surface area contributed by atoms with Gasteiger partial charge in [-0.05, 0) is 30.6 Å². The second-order valence-electron chi connectivity index (χ2n) is 2.02. The molecule has 0 aromatic heterocycles. The minimum Gasteiger partial charge on any atom is -0.274 e. The van der Waals surface area contributed by atoms with E-state index in [2.05, 4.69) is 26.8 Å². The van der Waals surface area contributed by atoms with E-state index >= 15 is 0 Å². The zero-order valence-electron chi connectivity index (χ0n) is 7.26. The minimum atomic E-state index is 1.11. The van der Waals surface area contributed by atoms with E-state index in [-0.39, 0.29) is 0 Å². The molecule has 0 amide bonds. The predicted molar refractivity (Wildman–Crippen MR) is 57.4 cm³/mol. The van der Waals surface area contributed by atoms with Gasteiger partial charge >= 0.3 is 0 Å². The molecule has 3 heteroatoms. The Morgan fingerprint density at radius 1 is 1.55 bits per heavy atom. The number of thioether (sulfide) groups is 1. The summed E-state index contributed by atoms with van der Waals surface area (Å²) in [6.45, 7) is 6.28. The molecule has 0 aromatic rings. The molecule has 0 rings (SSSR count). The molecule has 0 bridgehead atoms. The second-order valence-corrected chi connectivity index (χ2v) is 3.84. The van der Waals surface area contributed by atoms with Crippen molar-refractivity contribution in [3.63, 3.8) is 0 Å². The molecule has 0 radical (unpaired) electrons. The van der Waals surface area contributed by atoms with Crippen LogP contribution in [0, 0.1) is 0 Å². The Labute approximate surface area is 77.6 Å². The normalized spacial score (nSPS) is 13.8. The number of nitrogens with two attached hydrogens (primary N) is 1. The summed E-state index contributed by atoms with van der Waals surface area (Å²) < 4.78 is 0. The van der Waals surface area contributed by atoms with Crippen LogP contribution in [0.3, 0.4) is 0 Å². The third-order valence-electron chi connectivity index (χ3n) is 1.20. The lowest BCUT2D eigenvalue weighted by atomic mass is 10.3. The maximum atomic E-state index is 5.32. The van der Waals surface area contributed by atoms with Crippen LogP contribution in [0.25, 0.3) is 0 Å². The number of allylic oxidation sites excluding steroid dienone is 2. The number of hydrogen-bond acceptors (Lipinski definition) is 3. The van der Waals surface area contributed by atoms with Gasteiger partial charge < -0.3 is 0 Å². The Balaban J connectivity index is 4.15. The molecule has 64 valence electrons. The van der Waals surface area contributed by atoms with Gasteiger partial charge in [0.1, 0.15) is 0 Å². The van der Waals surface area contributed by atoms with Crippen molar-refractivity contribution in [3.05, 3.63) is 22.0 Å². The first-order valence-corrected chi connectivity index (χ1v) is 5.50. The van der Waals surface area contributed by atoms with Crippen molar-refractivity contribution in [1.29, 1.82) is 0 Å². The van der Waals surface area contributed by atoms with Crippen molar-refractivity contribution in [2.45, 2.75) is 20.8 Å². The van der Waals surface area contributed by atoms with Gasteiger partial charge in [-0.15, -0.1) is 11.8 Å². The zero-order chi connectivity index (χ0) is 8.69. The van der Waals surface area contributed by atoms with Crippen LogP contribution >= 0.6 is 23.7 Å². The van der Waals surface area contributed by atoms with Crippen molar-refractivity contribution in [2.24, 2.45) is 5.14 Å². The van der Waals surface area contributed by atoms with Crippen molar-refractivity contribution in [2.75, 3.05) is 5.75 Å². The Morgan fingerprint density at radius 2 is 2.18 bits per heavy atom. The molecular formula is C8H15NS2. The summed E-state index contributed by atoms with van der Waals surface area (Å²) in [5.41, 5.74) is 1.26. The fourth-order valence-corrected chi connectivity index (χ4v) is 1.91. The van der Waals surface area contributed by atoms with Crippen LogP contribution in [0.4, 0.5) is 0 Å². The Hall–Kier alpha value is 0.140. The van der Waals surface area contributed by atoms with Gasteiger partial charge in [-0.2, -0.15) is 0 Å². The molecule has 0 atom stereocenters. The molecule has 0 spiro atoms. The highest BCUT2D eigenvalue weighted by atomic mass is 32.2. The van der Waals surface area contributed by atoms with Crippen molar-refractivity contribution in [3.8, 4) is 0 Å². The maximum Gasteiger partial charge on any atom is 0.00639 e. The molecule has 0 unspecified atom stereocenters. The highest BCUT2D eigenvalue weighted by molar-refractivity contribution is 8.03. The lowest BCUT2D eigenvalue weighted by Gasteiger charge is -2.03. The largest absolute Gasteiger partial charge is 0.274 e. The molecule has 0 aromatic carbocycles. The lowest BCUT2D eigenvalue weighted by Crippen LogP contribution is -1.81. The SMILES string of the molecule is C/C=C(SCC)\C(C)=C/SN. The number of rotatable bonds is 4. The molecule has 0 aliphatic rings. The predicted octanol–water partition coefficient (Wildman–Crippen LogP) is 3.15. The smallest absolute Gasteiger partial charge is 0.00639 e. The summed E-state index contributed by atoms with van der Waals surface area (Å²) in [5, 5.41) is 7.29. The first-order valence-electron chi connectivity index (χ1n) is 3.58. The van der Waals surface area contributed by atoms with E-state index in [1.165, 1.54) is 22.4 Å². The van der Waals surface area contributed by atoms with Gasteiger partial charge in [0.25, 0.3) is 0 Å². The standard InChI is InChI=1S/C8H15NS2/c1-4-8(10-5-2)7(3)6-11-9/h4,6H,5,9H2,1-3H3/b7-6-,8-4+. The molecule has 0 aliphatic heterocycles. The van der Waals surface area contributed by atoms with Crippen molar-refractivity contribution < 1.29 is 0 Å². The van der Waals surface area contributed by atoms with E-state index < -0.39 is 0 Å². The van der Waals surface area contributed by atoms with Gasteiger partial charge in [-0.25, -0.2) is 0 Å². The van der Waals surface area contributed by atoms with Gasteiger partial charge in [-0.1, -0.05) is 24.9 Å². The summed E-state index contributed by atoms with van der Waals surface area (Å²) in [5.74, 6) is 1.11. The van der Waals surface area contributed by atoms with E-state index in [1.807, 2.05) is 17.2 Å². The lowest BCUT2D eigenvalue weighted by molar-refractivity contribution is 1.47. The van der Waals surface area contributed by atoms with Crippen molar-refractivity contribution >= 4 is 23.7 Å². The summed E-state index contributed by atoms with van der Waals surface area (Å²) in [6, 6.07) is 0. The Morgan fingerprint density at radius 3 is 2.55 bits per heavy atom. The molecule has 11 heavy (non-hydrogen) atoms. The van der Waals surface area contributed by atoms with Gasteiger partial charge in [-0.3, -0.25) is 5.14 Å². The maximum absolute atomic E-state index is 5.32. The summed E-state index contributed by atoms with van der Waals surface area (Å²) >= 11 is 3.11. The first kappa shape index (κ1) is 11.1. The Kier molecular flexibility index (Phi) is 6.91. The first-order chi connectivity index (χ1) is 5.26. The average Bonchev–Trinajstić information content (AvgIpc) is 2.00. The van der Waals surface area contributed by atoms with Crippen LogP contribution in [0.5, 0.6) is 0 Å². The van der Waals surface area contributed by atoms with Gasteiger partial charge in [0.15, 0.2) is 0 Å². The highest BCUT2D eigenvalue weighted by Crippen LogP contribution is 2.24. The minimum absolute atomic E-state index is 1.11. The van der Waals surface area contributed by atoms with E-state index in [1.54, 1.807) is 0 Å². The van der Waals surface area contributed by atoms with Crippen LogP contribution in [-0.4, -0.2) is 5.75 Å². The van der Waals surface area contributed by atoms with Gasteiger partial charge in [0.2, 0.25) is 0 Å². The summed E-state index contributed by atoms with van der Waals surface area (Å²) in [4.78, 5) is 1.32. The molecular weight excluding hydrogens is 174 g/mol. The van der Waals surface area contributed by atoms with Crippen LogP contribution in [-0.2, 0) is 0 Å². The quantitative estimate of drug-likeness (QED) is 0.543. The molecule has 2 N–H and O–H groups in total. The fraction of sp³-hybridized carbons (Fsp3) is 0.500. The molecule has 0 aliphatic carbocycles. The average molecular weight is 189 g/mol. The molecule has 0 heterocycles. The highest BCUT2D eigenvalue weighted by Gasteiger charge is 1.96. The molecule has 1 nitrogen and oxygen atoms in total. The monoisotopic (exact) mass is 189 g/mol. The Bertz CT molecular complexity index is 161. The van der Waals surface area contributed by atoms with Gasteiger partial charge in [0.05, 0.1) is 0 Å². The van der Waals surface area contributed by atoms with E-state index in [0.717, 1.165) is 5.75 Å². The van der Waals surface area contributed by atoms with E-state index in [4.69, 9.17) is 5.14 Å². The fourth-order valence-electron chi connectivity index (χ4n) is 0.740. The molecule has 0 saturated carbocycles. The van der Waals surface area contributed by atoms with Crippen LogP contribution < -0.4 is 5.14 Å². The number of hydrogen-bond donors (Lipinski definition) is 1. The van der Waals surface area contributed by atoms with E-state index in [0.29, 0.717) is 0 Å². The third-order valence-corrected chi connectivity index (χ3v) is 2.84. The van der Waals surface area contributed by atoms with Crippen LogP contribution in [0.2, 0.25) is 0 Å². The topological polar surface area (TPSA) is 26.0 Å². The van der Waals surface area contributed by atoms with E-state index in [9.17, 15) is 0 Å². The van der Waals surface area contributed by atoms with Gasteiger partial charge in [0, 0.05) is 4.91 Å². The summed E-state index contributed by atoms with van der Waals surface area (Å²) in [6.07, 6.45) is 2.12.